The molecule has 2 heterocycles. The maximum absolute atomic E-state index is 12.4. The highest BCUT2D eigenvalue weighted by atomic mass is 16.5. The molecule has 0 atom stereocenters. The number of nitrogens with two attached hydrogens (primary N) is 1. The molecular weight excluding hydrogens is 340 g/mol. The number of methoxy groups -OCH3 is 1. The van der Waals surface area contributed by atoms with Gasteiger partial charge in [-0.3, -0.25) is 9.20 Å². The van der Waals surface area contributed by atoms with Gasteiger partial charge in [-0.1, -0.05) is 0 Å². The number of ether oxygens (including phenoxy) is 2. The maximum Gasteiger partial charge on any atom is 0.360 e. The minimum Gasteiger partial charge on any atom is -0.497 e. The van der Waals surface area contributed by atoms with Crippen molar-refractivity contribution >= 4 is 29.0 Å². The van der Waals surface area contributed by atoms with E-state index in [1.165, 1.54) is 10.7 Å². The van der Waals surface area contributed by atoms with Gasteiger partial charge >= 0.3 is 5.97 Å². The lowest BCUT2D eigenvalue weighted by molar-refractivity contribution is 0.0522. The van der Waals surface area contributed by atoms with Crippen molar-refractivity contribution in [3.63, 3.8) is 0 Å². The van der Waals surface area contributed by atoms with Gasteiger partial charge < -0.3 is 20.5 Å². The van der Waals surface area contributed by atoms with Crippen molar-refractivity contribution in [3.05, 3.63) is 42.0 Å². The van der Waals surface area contributed by atoms with E-state index in [9.17, 15) is 9.59 Å². The summed E-state index contributed by atoms with van der Waals surface area (Å²) in [7, 11) is 1.55. The predicted octanol–water partition coefficient (Wildman–Crippen LogP) is 1.14. The second-order valence-electron chi connectivity index (χ2n) is 5.12. The third-order valence-corrected chi connectivity index (χ3v) is 3.52. The van der Waals surface area contributed by atoms with Crippen molar-refractivity contribution in [3.8, 4) is 5.75 Å². The lowest BCUT2D eigenvalue weighted by Gasteiger charge is -2.08. The summed E-state index contributed by atoms with van der Waals surface area (Å²) < 4.78 is 11.3. The third kappa shape index (κ3) is 3.11. The molecule has 0 aliphatic heterocycles. The number of amides is 1. The van der Waals surface area contributed by atoms with Crippen LogP contribution in [0, 0.1) is 0 Å². The molecule has 10 nitrogen and oxygen atoms in total. The van der Waals surface area contributed by atoms with Crippen LogP contribution in [0.2, 0.25) is 0 Å². The monoisotopic (exact) mass is 356 g/mol. The Kier molecular flexibility index (Phi) is 4.65. The molecule has 1 amide bonds. The molecule has 0 saturated heterocycles. The van der Waals surface area contributed by atoms with Gasteiger partial charge in [0.2, 0.25) is 0 Å². The number of hydrogen-bond donors (Lipinski definition) is 2. The lowest BCUT2D eigenvalue weighted by Crippen LogP contribution is -2.19. The van der Waals surface area contributed by atoms with E-state index in [1.807, 2.05) is 0 Å². The molecule has 3 N–H and O–H groups in total. The topological polar surface area (TPSA) is 134 Å². The van der Waals surface area contributed by atoms with E-state index in [-0.39, 0.29) is 29.5 Å². The highest BCUT2D eigenvalue weighted by Gasteiger charge is 2.21. The van der Waals surface area contributed by atoms with E-state index in [1.54, 1.807) is 38.3 Å². The molecule has 134 valence electrons. The zero-order chi connectivity index (χ0) is 18.7. The number of nitrogen functional groups attached to an aromatic ring is 1. The van der Waals surface area contributed by atoms with Crippen molar-refractivity contribution in [2.45, 2.75) is 6.92 Å². The van der Waals surface area contributed by atoms with Crippen LogP contribution in [0.4, 0.5) is 11.5 Å². The SMILES string of the molecule is CCOC(=O)c1ncn2c(N)c(C(=O)Nc3ccc(OC)cc3)nnc12. The molecule has 2 aromatic heterocycles. The normalized spacial score (nSPS) is 10.5. The Morgan fingerprint density at radius 1 is 1.19 bits per heavy atom. The van der Waals surface area contributed by atoms with Gasteiger partial charge in [0.25, 0.3) is 5.91 Å². The van der Waals surface area contributed by atoms with Gasteiger partial charge in [-0.15, -0.1) is 10.2 Å². The second kappa shape index (κ2) is 7.05. The highest BCUT2D eigenvalue weighted by Crippen LogP contribution is 2.18. The van der Waals surface area contributed by atoms with Crippen molar-refractivity contribution in [1.29, 1.82) is 0 Å². The van der Waals surface area contributed by atoms with E-state index < -0.39 is 11.9 Å². The number of carbonyl (C=O) groups excluding carboxylic acids is 2. The van der Waals surface area contributed by atoms with Gasteiger partial charge in [0.1, 0.15) is 17.9 Å². The highest BCUT2D eigenvalue weighted by molar-refractivity contribution is 6.06. The maximum atomic E-state index is 12.4. The molecule has 0 aliphatic rings. The summed E-state index contributed by atoms with van der Waals surface area (Å²) in [6.45, 7) is 1.88. The summed E-state index contributed by atoms with van der Waals surface area (Å²) in [6.07, 6.45) is 1.29. The minimum atomic E-state index is -0.640. The quantitative estimate of drug-likeness (QED) is 0.650. The Morgan fingerprint density at radius 2 is 1.92 bits per heavy atom. The standard InChI is InChI=1S/C16H16N6O4/c1-3-26-16(24)12-14-21-20-11(13(17)22(14)8-18-12)15(23)19-9-4-6-10(25-2)7-5-9/h4-8H,3,17H2,1-2H3,(H,19,23). The Morgan fingerprint density at radius 3 is 2.58 bits per heavy atom. The van der Waals surface area contributed by atoms with E-state index in [4.69, 9.17) is 15.2 Å². The Hall–Kier alpha value is -3.69. The fraction of sp³-hybridized carbons (Fsp3) is 0.188. The van der Waals surface area contributed by atoms with Crippen LogP contribution in [0.5, 0.6) is 5.75 Å². The Labute approximate surface area is 147 Å². The van der Waals surface area contributed by atoms with Crippen LogP contribution < -0.4 is 15.8 Å². The lowest BCUT2D eigenvalue weighted by atomic mass is 10.3. The molecule has 10 heteroatoms. The number of hydrogen-bond acceptors (Lipinski definition) is 8. The molecular formula is C16H16N6O4. The molecule has 0 bridgehead atoms. The number of anilines is 2. The summed E-state index contributed by atoms with van der Waals surface area (Å²) >= 11 is 0. The molecule has 0 spiro atoms. The minimum absolute atomic E-state index is 0.00376. The van der Waals surface area contributed by atoms with Crippen LogP contribution in [0.3, 0.4) is 0 Å². The van der Waals surface area contributed by atoms with Crippen molar-refractivity contribution in [1.82, 2.24) is 19.6 Å². The van der Waals surface area contributed by atoms with E-state index >= 15 is 0 Å². The number of aromatic nitrogens is 4. The Bertz CT molecular complexity index is 967. The smallest absolute Gasteiger partial charge is 0.360 e. The number of esters is 1. The number of rotatable bonds is 5. The number of fused-ring (bicyclic) bond motifs is 1. The summed E-state index contributed by atoms with van der Waals surface area (Å²) in [5, 5.41) is 10.4. The van der Waals surface area contributed by atoms with Crippen LogP contribution in [-0.2, 0) is 4.74 Å². The molecule has 26 heavy (non-hydrogen) atoms. The molecule has 3 aromatic rings. The second-order valence-corrected chi connectivity index (χ2v) is 5.12. The van der Waals surface area contributed by atoms with Gasteiger partial charge in [0, 0.05) is 5.69 Å². The number of nitrogens with one attached hydrogen (secondary N) is 1. The Balaban J connectivity index is 1.89. The number of nitrogens with zero attached hydrogens (tertiary/aromatic N) is 4. The van der Waals surface area contributed by atoms with Crippen molar-refractivity contribution in [2.75, 3.05) is 24.8 Å². The first kappa shape index (κ1) is 17.1. The molecule has 0 aliphatic carbocycles. The van der Waals surface area contributed by atoms with E-state index in [2.05, 4.69) is 20.5 Å². The van der Waals surface area contributed by atoms with Crippen LogP contribution in [0.1, 0.15) is 27.9 Å². The van der Waals surface area contributed by atoms with Crippen LogP contribution in [0.25, 0.3) is 5.65 Å². The van der Waals surface area contributed by atoms with Crippen molar-refractivity contribution < 1.29 is 19.1 Å². The zero-order valence-electron chi connectivity index (χ0n) is 14.1. The van der Waals surface area contributed by atoms with Crippen LogP contribution >= 0.6 is 0 Å². The van der Waals surface area contributed by atoms with Crippen LogP contribution in [0.15, 0.2) is 30.6 Å². The number of imidazole rings is 1. The van der Waals surface area contributed by atoms with Gasteiger partial charge in [0.05, 0.1) is 13.7 Å². The molecule has 3 rings (SSSR count). The largest absolute Gasteiger partial charge is 0.497 e. The summed E-state index contributed by atoms with van der Waals surface area (Å²) in [5.41, 5.74) is 6.53. The average Bonchev–Trinajstić information content (AvgIpc) is 3.08. The average molecular weight is 356 g/mol. The first-order valence-electron chi connectivity index (χ1n) is 7.67. The summed E-state index contributed by atoms with van der Waals surface area (Å²) in [6, 6.07) is 6.76. The van der Waals surface area contributed by atoms with Gasteiger partial charge in [0.15, 0.2) is 17.0 Å². The molecule has 0 saturated carbocycles. The summed E-state index contributed by atoms with van der Waals surface area (Å²) in [5.74, 6) is -0.523. The first-order valence-corrected chi connectivity index (χ1v) is 7.67. The molecule has 0 unspecified atom stereocenters. The summed E-state index contributed by atoms with van der Waals surface area (Å²) in [4.78, 5) is 28.2. The molecule has 1 aromatic carbocycles. The van der Waals surface area contributed by atoms with E-state index in [0.29, 0.717) is 11.4 Å². The van der Waals surface area contributed by atoms with Gasteiger partial charge in [-0.25, -0.2) is 9.78 Å². The molecule has 0 fully saturated rings. The fourth-order valence-electron chi connectivity index (χ4n) is 2.25. The predicted molar refractivity (Wildman–Crippen MR) is 92.1 cm³/mol. The van der Waals surface area contributed by atoms with Crippen LogP contribution in [-0.4, -0.2) is 45.2 Å². The van der Waals surface area contributed by atoms with Gasteiger partial charge in [-0.05, 0) is 31.2 Å². The first-order chi connectivity index (χ1) is 12.5. The van der Waals surface area contributed by atoms with Gasteiger partial charge in [-0.2, -0.15) is 0 Å². The fourth-order valence-corrected chi connectivity index (χ4v) is 2.25. The van der Waals surface area contributed by atoms with E-state index in [0.717, 1.165) is 0 Å². The van der Waals surface area contributed by atoms with Crippen molar-refractivity contribution in [2.24, 2.45) is 0 Å². The number of benzene rings is 1. The number of carbonyl (C=O) groups is 2. The molecule has 0 radical (unpaired) electrons. The third-order valence-electron chi connectivity index (χ3n) is 3.52. The zero-order valence-corrected chi connectivity index (χ0v) is 14.1.